The molecule has 1 aliphatic heterocycles. The second kappa shape index (κ2) is 7.28. The Balaban J connectivity index is 1.69. The van der Waals surface area contributed by atoms with E-state index in [0.717, 1.165) is 19.0 Å². The zero-order valence-corrected chi connectivity index (χ0v) is 11.9. The number of piperidine rings is 1. The third kappa shape index (κ3) is 4.35. The predicted molar refractivity (Wildman–Crippen MR) is 76.5 cm³/mol. The first-order valence-corrected chi connectivity index (χ1v) is 7.15. The molecule has 1 aliphatic rings. The summed E-state index contributed by atoms with van der Waals surface area (Å²) in [4.78, 5) is 10.9. The Kier molecular flexibility index (Phi) is 5.39. The number of methoxy groups -OCH3 is 1. The monoisotopic (exact) mass is 264 g/mol. The highest BCUT2D eigenvalue weighted by atomic mass is 16.5. The van der Waals surface area contributed by atoms with Crippen LogP contribution in [0.2, 0.25) is 0 Å². The van der Waals surface area contributed by atoms with Crippen LogP contribution in [0.5, 0.6) is 5.88 Å². The van der Waals surface area contributed by atoms with Crippen molar-refractivity contribution in [1.29, 1.82) is 0 Å². The normalized spacial score (nSPS) is 17.4. The smallest absolute Gasteiger partial charge is 0.225 e. The molecule has 19 heavy (non-hydrogen) atoms. The van der Waals surface area contributed by atoms with Crippen LogP contribution in [0.1, 0.15) is 26.2 Å². The molecule has 2 heterocycles. The molecule has 5 nitrogen and oxygen atoms in total. The predicted octanol–water partition coefficient (Wildman–Crippen LogP) is 2.02. The topological polar surface area (TPSA) is 50.3 Å². The number of nitrogens with zero attached hydrogens (tertiary/aromatic N) is 3. The number of nitrogens with one attached hydrogen (secondary N) is 1. The highest BCUT2D eigenvalue weighted by Crippen LogP contribution is 2.19. The SMILES string of the molecule is CCC1CCN(CCNc2nccc(OC)n2)CC1. The summed E-state index contributed by atoms with van der Waals surface area (Å²) in [5, 5.41) is 3.25. The Labute approximate surface area is 115 Å². The second-order valence-electron chi connectivity index (χ2n) is 5.04. The lowest BCUT2D eigenvalue weighted by atomic mass is 9.94. The van der Waals surface area contributed by atoms with E-state index in [2.05, 4.69) is 27.1 Å². The van der Waals surface area contributed by atoms with E-state index in [-0.39, 0.29) is 0 Å². The molecule has 1 fully saturated rings. The quantitative estimate of drug-likeness (QED) is 0.852. The summed E-state index contributed by atoms with van der Waals surface area (Å²) in [6.45, 7) is 6.67. The second-order valence-corrected chi connectivity index (χ2v) is 5.04. The Bertz CT molecular complexity index is 377. The molecule has 0 spiro atoms. The molecule has 1 aromatic heterocycles. The number of likely N-dealkylation sites (tertiary alicyclic amines) is 1. The number of hydrogen-bond acceptors (Lipinski definition) is 5. The summed E-state index contributed by atoms with van der Waals surface area (Å²) in [6.07, 6.45) is 5.71. The molecule has 2 rings (SSSR count). The van der Waals surface area contributed by atoms with Crippen LogP contribution in [0.3, 0.4) is 0 Å². The maximum atomic E-state index is 5.07. The van der Waals surface area contributed by atoms with Crippen LogP contribution in [0.15, 0.2) is 12.3 Å². The molecule has 0 atom stereocenters. The van der Waals surface area contributed by atoms with Crippen LogP contribution in [0.25, 0.3) is 0 Å². The van der Waals surface area contributed by atoms with E-state index < -0.39 is 0 Å². The Morgan fingerprint density at radius 2 is 2.21 bits per heavy atom. The van der Waals surface area contributed by atoms with Gasteiger partial charge in [-0.2, -0.15) is 4.98 Å². The molecule has 1 aromatic rings. The van der Waals surface area contributed by atoms with Crippen LogP contribution in [-0.2, 0) is 0 Å². The third-order valence-electron chi connectivity index (χ3n) is 3.83. The van der Waals surface area contributed by atoms with Gasteiger partial charge in [0, 0.05) is 25.4 Å². The van der Waals surface area contributed by atoms with Crippen molar-refractivity contribution in [3.8, 4) is 5.88 Å². The fraction of sp³-hybridized carbons (Fsp3) is 0.714. The minimum Gasteiger partial charge on any atom is -0.481 e. The third-order valence-corrected chi connectivity index (χ3v) is 3.83. The largest absolute Gasteiger partial charge is 0.481 e. The van der Waals surface area contributed by atoms with Gasteiger partial charge < -0.3 is 15.0 Å². The minimum atomic E-state index is 0.598. The van der Waals surface area contributed by atoms with Crippen molar-refractivity contribution in [3.05, 3.63) is 12.3 Å². The van der Waals surface area contributed by atoms with Gasteiger partial charge in [0.2, 0.25) is 11.8 Å². The lowest BCUT2D eigenvalue weighted by Crippen LogP contribution is -2.36. The zero-order valence-electron chi connectivity index (χ0n) is 11.9. The average Bonchev–Trinajstić information content (AvgIpc) is 2.48. The molecular formula is C14H24N4O. The first-order valence-electron chi connectivity index (χ1n) is 7.15. The van der Waals surface area contributed by atoms with E-state index in [0.29, 0.717) is 11.8 Å². The standard InChI is InChI=1S/C14H24N4O/c1-3-12-5-9-18(10-6-12)11-8-16-14-15-7-4-13(17-14)19-2/h4,7,12H,3,5-6,8-11H2,1-2H3,(H,15,16,17). The summed E-state index contributed by atoms with van der Waals surface area (Å²) in [6, 6.07) is 1.75. The Hall–Kier alpha value is -1.36. The molecule has 0 aliphatic carbocycles. The van der Waals surface area contributed by atoms with Crippen molar-refractivity contribution in [2.24, 2.45) is 5.92 Å². The van der Waals surface area contributed by atoms with Gasteiger partial charge in [-0.15, -0.1) is 0 Å². The molecule has 0 radical (unpaired) electrons. The van der Waals surface area contributed by atoms with Crippen LogP contribution in [0.4, 0.5) is 5.95 Å². The van der Waals surface area contributed by atoms with Crippen LogP contribution in [-0.4, -0.2) is 48.2 Å². The fourth-order valence-electron chi connectivity index (χ4n) is 2.49. The highest BCUT2D eigenvalue weighted by molar-refractivity contribution is 5.27. The summed E-state index contributed by atoms with van der Waals surface area (Å²) >= 11 is 0. The number of rotatable bonds is 6. The molecule has 0 saturated carbocycles. The van der Waals surface area contributed by atoms with E-state index in [4.69, 9.17) is 4.74 Å². The van der Waals surface area contributed by atoms with Crippen LogP contribution in [0, 0.1) is 5.92 Å². The van der Waals surface area contributed by atoms with Gasteiger partial charge in [0.15, 0.2) is 0 Å². The van der Waals surface area contributed by atoms with Gasteiger partial charge in [0.05, 0.1) is 7.11 Å². The van der Waals surface area contributed by atoms with Gasteiger partial charge in [-0.05, 0) is 31.8 Å². The first-order chi connectivity index (χ1) is 9.31. The highest BCUT2D eigenvalue weighted by Gasteiger charge is 2.16. The molecule has 0 unspecified atom stereocenters. The van der Waals surface area contributed by atoms with E-state index in [1.165, 1.54) is 32.4 Å². The van der Waals surface area contributed by atoms with Crippen molar-refractivity contribution in [2.75, 3.05) is 38.6 Å². The van der Waals surface area contributed by atoms with E-state index in [1.807, 2.05) is 0 Å². The summed E-state index contributed by atoms with van der Waals surface area (Å²) in [7, 11) is 1.62. The van der Waals surface area contributed by atoms with Crippen molar-refractivity contribution in [3.63, 3.8) is 0 Å². The van der Waals surface area contributed by atoms with Gasteiger partial charge in [-0.25, -0.2) is 4.98 Å². The first kappa shape index (κ1) is 14.1. The number of ether oxygens (including phenoxy) is 1. The maximum absolute atomic E-state index is 5.07. The minimum absolute atomic E-state index is 0.598. The van der Waals surface area contributed by atoms with Crippen molar-refractivity contribution in [1.82, 2.24) is 14.9 Å². The van der Waals surface area contributed by atoms with E-state index >= 15 is 0 Å². The van der Waals surface area contributed by atoms with E-state index in [1.54, 1.807) is 19.4 Å². The lowest BCUT2D eigenvalue weighted by Gasteiger charge is -2.31. The van der Waals surface area contributed by atoms with Gasteiger partial charge in [-0.3, -0.25) is 0 Å². The molecule has 1 N–H and O–H groups in total. The number of anilines is 1. The van der Waals surface area contributed by atoms with Crippen molar-refractivity contribution >= 4 is 5.95 Å². The summed E-state index contributed by atoms with van der Waals surface area (Å²) in [5.41, 5.74) is 0. The molecule has 0 bridgehead atoms. The molecule has 1 saturated heterocycles. The Morgan fingerprint density at radius 1 is 1.42 bits per heavy atom. The van der Waals surface area contributed by atoms with Gasteiger partial charge in [0.1, 0.15) is 0 Å². The van der Waals surface area contributed by atoms with Crippen LogP contribution < -0.4 is 10.1 Å². The Morgan fingerprint density at radius 3 is 2.89 bits per heavy atom. The van der Waals surface area contributed by atoms with Gasteiger partial charge in [0.25, 0.3) is 0 Å². The molecular weight excluding hydrogens is 240 g/mol. The van der Waals surface area contributed by atoms with Crippen molar-refractivity contribution in [2.45, 2.75) is 26.2 Å². The number of aromatic nitrogens is 2. The molecule has 5 heteroatoms. The van der Waals surface area contributed by atoms with E-state index in [9.17, 15) is 0 Å². The molecule has 106 valence electrons. The van der Waals surface area contributed by atoms with Gasteiger partial charge >= 0.3 is 0 Å². The summed E-state index contributed by atoms with van der Waals surface area (Å²) in [5.74, 6) is 2.18. The average molecular weight is 264 g/mol. The van der Waals surface area contributed by atoms with Gasteiger partial charge in [-0.1, -0.05) is 13.3 Å². The zero-order chi connectivity index (χ0) is 13.5. The fourth-order valence-corrected chi connectivity index (χ4v) is 2.49. The molecule has 0 amide bonds. The van der Waals surface area contributed by atoms with Crippen molar-refractivity contribution < 1.29 is 4.74 Å². The number of hydrogen-bond donors (Lipinski definition) is 1. The summed E-state index contributed by atoms with van der Waals surface area (Å²) < 4.78 is 5.07. The lowest BCUT2D eigenvalue weighted by molar-refractivity contribution is 0.187. The van der Waals surface area contributed by atoms with Crippen LogP contribution >= 0.6 is 0 Å². The maximum Gasteiger partial charge on any atom is 0.225 e. The molecule has 0 aromatic carbocycles.